The van der Waals surface area contributed by atoms with Crippen molar-refractivity contribution in [2.75, 3.05) is 0 Å². The van der Waals surface area contributed by atoms with Gasteiger partial charge in [0.2, 0.25) is 4.90 Å². The predicted octanol–water partition coefficient (Wildman–Crippen LogP) is 6.62. The van der Waals surface area contributed by atoms with Crippen LogP contribution >= 0.6 is 14.4 Å². The Hall–Kier alpha value is -3.75. The van der Waals surface area contributed by atoms with E-state index >= 15 is 4.57 Å². The van der Waals surface area contributed by atoms with E-state index in [2.05, 4.69) is 42.5 Å². The van der Waals surface area contributed by atoms with Gasteiger partial charge in [0.1, 0.15) is 29.2 Å². The van der Waals surface area contributed by atoms with Gasteiger partial charge in [-0.15, -0.1) is 0 Å². The molecule has 0 saturated carbocycles. The van der Waals surface area contributed by atoms with Gasteiger partial charge in [0.15, 0.2) is 7.14 Å². The van der Waals surface area contributed by atoms with Crippen molar-refractivity contribution >= 4 is 40.9 Å². The SMILES string of the molecule is CC[C@](C#N)(P(=O)(c1ccccc1)c1ccccc1)[P+](c1ccccc1)(c1ccccc1)c1ccccc1. The highest BCUT2D eigenvalue weighted by atomic mass is 31.2. The Morgan fingerprint density at radius 1 is 0.579 bits per heavy atom. The highest BCUT2D eigenvalue weighted by Crippen LogP contribution is 2.80. The van der Waals surface area contributed by atoms with E-state index in [1.807, 2.05) is 122 Å². The van der Waals surface area contributed by atoms with Gasteiger partial charge in [0, 0.05) is 17.0 Å². The van der Waals surface area contributed by atoms with Crippen LogP contribution in [0, 0.1) is 11.3 Å². The summed E-state index contributed by atoms with van der Waals surface area (Å²) in [6, 6.07) is 53.1. The fourth-order valence-electron chi connectivity index (χ4n) is 5.79. The fraction of sp³-hybridized carbons (Fsp3) is 0.0882. The number of hydrogen-bond acceptors (Lipinski definition) is 2. The Bertz CT molecular complexity index is 1430. The molecule has 0 N–H and O–H groups in total. The third-order valence-electron chi connectivity index (χ3n) is 7.42. The van der Waals surface area contributed by atoms with Crippen molar-refractivity contribution in [1.29, 1.82) is 5.26 Å². The van der Waals surface area contributed by atoms with Gasteiger partial charge in [-0.25, -0.2) is 0 Å². The topological polar surface area (TPSA) is 40.9 Å². The lowest BCUT2D eigenvalue weighted by molar-refractivity contribution is 0.578. The molecule has 0 amide bonds. The Balaban J connectivity index is 2.05. The molecule has 2 nitrogen and oxygen atoms in total. The average molecular weight is 531 g/mol. The van der Waals surface area contributed by atoms with E-state index in [0.717, 1.165) is 15.9 Å². The van der Waals surface area contributed by atoms with Gasteiger partial charge in [0.25, 0.3) is 0 Å². The molecule has 38 heavy (non-hydrogen) atoms. The van der Waals surface area contributed by atoms with E-state index in [-0.39, 0.29) is 0 Å². The van der Waals surface area contributed by atoms with Crippen LogP contribution in [0.3, 0.4) is 0 Å². The summed E-state index contributed by atoms with van der Waals surface area (Å²) >= 11 is 0. The van der Waals surface area contributed by atoms with E-state index in [0.29, 0.717) is 17.0 Å². The molecule has 1 atom stereocenters. The number of rotatable bonds is 8. The molecule has 0 radical (unpaired) electrons. The molecule has 0 aliphatic carbocycles. The molecule has 5 aromatic rings. The summed E-state index contributed by atoms with van der Waals surface area (Å²) in [7, 11) is -6.47. The third-order valence-corrected chi connectivity index (χ3v) is 17.4. The number of nitrogens with zero attached hydrogens (tertiary/aromatic N) is 1. The molecule has 0 spiro atoms. The van der Waals surface area contributed by atoms with Crippen LogP contribution < -0.4 is 26.5 Å². The number of nitriles is 1. The van der Waals surface area contributed by atoms with Crippen LogP contribution in [-0.4, -0.2) is 4.90 Å². The molecule has 0 fully saturated rings. The minimum Gasteiger partial charge on any atom is -0.308 e. The Morgan fingerprint density at radius 3 is 1.13 bits per heavy atom. The predicted molar refractivity (Wildman–Crippen MR) is 164 cm³/mol. The van der Waals surface area contributed by atoms with Crippen molar-refractivity contribution in [1.82, 2.24) is 0 Å². The van der Waals surface area contributed by atoms with Gasteiger partial charge in [0.05, 0.1) is 0 Å². The summed E-state index contributed by atoms with van der Waals surface area (Å²) in [5.41, 5.74) is 0. The molecule has 0 unspecified atom stereocenters. The first-order valence-corrected chi connectivity index (χ1v) is 16.3. The van der Waals surface area contributed by atoms with E-state index in [1.54, 1.807) is 0 Å². The second-order valence-corrected chi connectivity index (χ2v) is 16.3. The summed E-state index contributed by atoms with van der Waals surface area (Å²) in [6.07, 6.45) is 0.414. The van der Waals surface area contributed by atoms with E-state index in [1.165, 1.54) is 0 Å². The average Bonchev–Trinajstić information content (AvgIpc) is 3.02. The summed E-state index contributed by atoms with van der Waals surface area (Å²) in [4.78, 5) is -1.26. The van der Waals surface area contributed by atoms with Crippen molar-refractivity contribution in [3.8, 4) is 6.07 Å². The van der Waals surface area contributed by atoms with Crippen molar-refractivity contribution in [3.63, 3.8) is 0 Å². The molecular weight excluding hydrogens is 500 g/mol. The Morgan fingerprint density at radius 2 is 0.868 bits per heavy atom. The highest BCUT2D eigenvalue weighted by Gasteiger charge is 2.71. The molecule has 0 heterocycles. The molecule has 0 aliphatic heterocycles. The maximum Gasteiger partial charge on any atom is 0.236 e. The van der Waals surface area contributed by atoms with Gasteiger partial charge in [-0.3, -0.25) is 0 Å². The first kappa shape index (κ1) is 25.9. The van der Waals surface area contributed by atoms with Crippen LogP contribution in [0.25, 0.3) is 0 Å². The van der Waals surface area contributed by atoms with Gasteiger partial charge in [-0.05, 0) is 36.4 Å². The maximum atomic E-state index is 16.3. The van der Waals surface area contributed by atoms with Crippen molar-refractivity contribution in [2.45, 2.75) is 18.2 Å². The zero-order valence-electron chi connectivity index (χ0n) is 21.4. The van der Waals surface area contributed by atoms with Crippen LogP contribution in [0.1, 0.15) is 13.3 Å². The summed E-state index contributed by atoms with van der Waals surface area (Å²) in [5.74, 6) is 0. The molecular formula is C34H30NOP2+. The lowest BCUT2D eigenvalue weighted by atomic mass is 10.3. The highest BCUT2D eigenvalue weighted by molar-refractivity contribution is 8.06. The van der Waals surface area contributed by atoms with Crippen LogP contribution in [0.15, 0.2) is 152 Å². The lowest BCUT2D eigenvalue weighted by Gasteiger charge is -2.44. The molecule has 0 bridgehead atoms. The first-order chi connectivity index (χ1) is 18.6. The summed E-state index contributed by atoms with van der Waals surface area (Å²) < 4.78 is 16.3. The van der Waals surface area contributed by atoms with E-state index < -0.39 is 19.3 Å². The van der Waals surface area contributed by atoms with Gasteiger partial charge >= 0.3 is 0 Å². The normalized spacial score (nSPS) is 13.3. The zero-order valence-corrected chi connectivity index (χ0v) is 23.2. The van der Waals surface area contributed by atoms with Crippen LogP contribution in [0.4, 0.5) is 0 Å². The quantitative estimate of drug-likeness (QED) is 0.212. The van der Waals surface area contributed by atoms with Crippen molar-refractivity contribution < 1.29 is 4.57 Å². The number of hydrogen-bond donors (Lipinski definition) is 0. The zero-order chi connectivity index (χ0) is 26.5. The van der Waals surface area contributed by atoms with Crippen LogP contribution in [0.5, 0.6) is 0 Å². The van der Waals surface area contributed by atoms with Gasteiger partial charge < -0.3 is 4.57 Å². The van der Waals surface area contributed by atoms with Gasteiger partial charge in [-0.1, -0.05) is 122 Å². The van der Waals surface area contributed by atoms with Crippen molar-refractivity contribution in [3.05, 3.63) is 152 Å². The fourth-order valence-corrected chi connectivity index (χ4v) is 16.8. The molecule has 5 aromatic carbocycles. The molecule has 4 heteroatoms. The number of benzene rings is 5. The lowest BCUT2D eigenvalue weighted by Crippen LogP contribution is -2.50. The maximum absolute atomic E-state index is 16.3. The molecule has 5 rings (SSSR count). The molecule has 0 aliphatic rings. The monoisotopic (exact) mass is 530 g/mol. The Kier molecular flexibility index (Phi) is 7.44. The van der Waals surface area contributed by atoms with Crippen LogP contribution in [-0.2, 0) is 4.57 Å². The largest absolute Gasteiger partial charge is 0.308 e. The minimum atomic E-state index is -3.59. The van der Waals surface area contributed by atoms with E-state index in [9.17, 15) is 5.26 Å². The van der Waals surface area contributed by atoms with Crippen molar-refractivity contribution in [2.24, 2.45) is 0 Å². The van der Waals surface area contributed by atoms with Crippen LogP contribution in [0.2, 0.25) is 0 Å². The minimum absolute atomic E-state index is 0.414. The van der Waals surface area contributed by atoms with E-state index in [4.69, 9.17) is 0 Å². The second-order valence-electron chi connectivity index (χ2n) is 9.24. The summed E-state index contributed by atoms with van der Waals surface area (Å²) in [5, 5.41) is 16.1. The molecule has 0 saturated heterocycles. The van der Waals surface area contributed by atoms with Gasteiger partial charge in [-0.2, -0.15) is 5.26 Å². The summed E-state index contributed by atoms with van der Waals surface area (Å²) in [6.45, 7) is 2.03. The third kappa shape index (κ3) is 3.87. The Labute approximate surface area is 226 Å². The molecule has 186 valence electrons. The second kappa shape index (κ2) is 10.9. The molecule has 0 aromatic heterocycles. The standard InChI is InChI=1S/C34H30NOP2/c1-2-34(28-35,38(36,32-24-14-6-15-25-32)33-26-16-7-17-27-33)37(29-18-8-3-9-19-29,30-20-10-4-11-21-30)31-22-12-5-13-23-31/h3-27H,2H2,1H3/q+1/t34-/m1/s1. The first-order valence-electron chi connectivity index (χ1n) is 12.8. The smallest absolute Gasteiger partial charge is 0.236 e.